The van der Waals surface area contributed by atoms with Crippen LogP contribution in [0, 0.1) is 0 Å². The molecule has 2 nitrogen and oxygen atoms in total. The molecule has 0 aliphatic carbocycles. The van der Waals surface area contributed by atoms with Crippen LogP contribution >= 0.6 is 0 Å². The topological polar surface area (TPSA) is 6.48 Å². The normalized spacial score (nSPS) is 19.1. The van der Waals surface area contributed by atoms with Crippen LogP contribution in [0.25, 0.3) is 0 Å². The molecule has 2 heteroatoms. The maximum atomic E-state index is 2.65. The van der Waals surface area contributed by atoms with E-state index in [-0.39, 0.29) is 0 Å². The molecule has 2 atom stereocenters. The molecule has 2 aromatic rings. The highest BCUT2D eigenvalue weighted by Crippen LogP contribution is 2.15. The van der Waals surface area contributed by atoms with Gasteiger partial charge in [-0.2, -0.15) is 0 Å². The lowest BCUT2D eigenvalue weighted by molar-refractivity contribution is 0.0785. The molecule has 128 valence electrons. The van der Waals surface area contributed by atoms with E-state index >= 15 is 0 Å². The first kappa shape index (κ1) is 17.2. The smallest absolute Gasteiger partial charge is 0.0113 e. The molecule has 0 bridgehead atoms. The summed E-state index contributed by atoms with van der Waals surface area (Å²) in [5.74, 6) is 0. The molecule has 0 spiro atoms. The van der Waals surface area contributed by atoms with Crippen molar-refractivity contribution in [1.29, 1.82) is 0 Å². The second-order valence-corrected chi connectivity index (χ2v) is 7.15. The van der Waals surface area contributed by atoms with Crippen molar-refractivity contribution in [3.8, 4) is 0 Å². The molecular weight excluding hydrogens is 292 g/mol. The van der Waals surface area contributed by atoms with Crippen LogP contribution in [-0.4, -0.2) is 48.1 Å². The molecule has 24 heavy (non-hydrogen) atoms. The van der Waals surface area contributed by atoms with Crippen molar-refractivity contribution < 1.29 is 0 Å². The van der Waals surface area contributed by atoms with Crippen molar-refractivity contribution in [1.82, 2.24) is 9.80 Å². The lowest BCUT2D eigenvalue weighted by Crippen LogP contribution is -2.52. The van der Waals surface area contributed by atoms with Crippen LogP contribution in [0.15, 0.2) is 60.7 Å². The van der Waals surface area contributed by atoms with Gasteiger partial charge < -0.3 is 0 Å². The standard InChI is InChI=1S/C22H30N2/c1-19(17-21-9-5-3-6-10-21)23-13-15-24(16-14-23)20(2)18-22-11-7-4-8-12-22/h3-12,19-20H,13-18H2,1-2H3/t19-,20-/m0/s1. The highest BCUT2D eigenvalue weighted by atomic mass is 15.3. The van der Waals surface area contributed by atoms with E-state index in [1.54, 1.807) is 0 Å². The second kappa shape index (κ2) is 8.46. The van der Waals surface area contributed by atoms with Gasteiger partial charge in [-0.1, -0.05) is 60.7 Å². The summed E-state index contributed by atoms with van der Waals surface area (Å²) < 4.78 is 0. The maximum Gasteiger partial charge on any atom is 0.0113 e. The zero-order chi connectivity index (χ0) is 16.8. The van der Waals surface area contributed by atoms with Crippen LogP contribution in [-0.2, 0) is 12.8 Å². The summed E-state index contributed by atoms with van der Waals surface area (Å²) in [7, 11) is 0. The van der Waals surface area contributed by atoms with E-state index in [0.717, 1.165) is 12.8 Å². The SMILES string of the molecule is C[C@@H](Cc1ccccc1)N1CCN([C@@H](C)Cc2ccccc2)CC1. The Kier molecular flexibility index (Phi) is 6.06. The van der Waals surface area contributed by atoms with Gasteiger partial charge >= 0.3 is 0 Å². The van der Waals surface area contributed by atoms with Crippen LogP contribution in [0.1, 0.15) is 25.0 Å². The van der Waals surface area contributed by atoms with Crippen molar-refractivity contribution >= 4 is 0 Å². The average molecular weight is 322 g/mol. The van der Waals surface area contributed by atoms with E-state index < -0.39 is 0 Å². The summed E-state index contributed by atoms with van der Waals surface area (Å²) in [5, 5.41) is 0. The van der Waals surface area contributed by atoms with E-state index in [2.05, 4.69) is 84.3 Å². The Morgan fingerprint density at radius 1 is 0.625 bits per heavy atom. The molecule has 1 fully saturated rings. The molecule has 0 N–H and O–H groups in total. The fraction of sp³-hybridized carbons (Fsp3) is 0.455. The summed E-state index contributed by atoms with van der Waals surface area (Å²) in [6, 6.07) is 23.0. The molecule has 0 amide bonds. The third kappa shape index (κ3) is 4.68. The summed E-state index contributed by atoms with van der Waals surface area (Å²) in [6.45, 7) is 9.49. The van der Waals surface area contributed by atoms with Crippen molar-refractivity contribution in [2.75, 3.05) is 26.2 Å². The van der Waals surface area contributed by atoms with Gasteiger partial charge in [-0.15, -0.1) is 0 Å². The lowest BCUT2D eigenvalue weighted by atomic mass is 10.0. The number of hydrogen-bond acceptors (Lipinski definition) is 2. The van der Waals surface area contributed by atoms with Crippen LogP contribution in [0.3, 0.4) is 0 Å². The molecule has 2 aromatic carbocycles. The molecule has 1 aliphatic heterocycles. The second-order valence-electron chi connectivity index (χ2n) is 7.15. The van der Waals surface area contributed by atoms with Gasteiger partial charge in [-0.25, -0.2) is 0 Å². The van der Waals surface area contributed by atoms with Gasteiger partial charge in [0.2, 0.25) is 0 Å². The molecule has 0 aromatic heterocycles. The first-order chi connectivity index (χ1) is 11.7. The minimum atomic E-state index is 0.624. The Morgan fingerprint density at radius 2 is 0.958 bits per heavy atom. The van der Waals surface area contributed by atoms with Gasteiger partial charge in [0.25, 0.3) is 0 Å². The van der Waals surface area contributed by atoms with E-state index in [1.807, 2.05) is 0 Å². The molecule has 1 saturated heterocycles. The molecule has 1 heterocycles. The molecule has 0 unspecified atom stereocenters. The number of piperazine rings is 1. The van der Waals surface area contributed by atoms with Crippen LogP contribution < -0.4 is 0 Å². The van der Waals surface area contributed by atoms with Crippen molar-refractivity contribution in [3.05, 3.63) is 71.8 Å². The number of benzene rings is 2. The van der Waals surface area contributed by atoms with Crippen LogP contribution in [0.2, 0.25) is 0 Å². The highest BCUT2D eigenvalue weighted by molar-refractivity contribution is 5.16. The van der Waals surface area contributed by atoms with Gasteiger partial charge in [0.15, 0.2) is 0 Å². The van der Waals surface area contributed by atoms with E-state index in [1.165, 1.54) is 37.3 Å². The predicted octanol–water partition coefficient (Wildman–Crippen LogP) is 3.87. The Bertz CT molecular complexity index is 532. The number of hydrogen-bond donors (Lipinski definition) is 0. The number of nitrogens with zero attached hydrogens (tertiary/aromatic N) is 2. The first-order valence-electron chi connectivity index (χ1n) is 9.28. The Labute approximate surface area is 147 Å². The third-order valence-electron chi connectivity index (χ3n) is 5.34. The fourth-order valence-electron chi connectivity index (χ4n) is 3.79. The van der Waals surface area contributed by atoms with E-state index in [4.69, 9.17) is 0 Å². The lowest BCUT2D eigenvalue weighted by Gasteiger charge is -2.40. The molecule has 1 aliphatic rings. The first-order valence-corrected chi connectivity index (χ1v) is 9.28. The largest absolute Gasteiger partial charge is 0.298 e. The van der Waals surface area contributed by atoms with E-state index in [9.17, 15) is 0 Å². The summed E-state index contributed by atoms with van der Waals surface area (Å²) in [4.78, 5) is 5.30. The molecule has 0 radical (unpaired) electrons. The fourth-order valence-corrected chi connectivity index (χ4v) is 3.79. The summed E-state index contributed by atoms with van der Waals surface area (Å²) in [5.41, 5.74) is 2.90. The molecule has 3 rings (SSSR count). The molecule has 0 saturated carbocycles. The number of rotatable bonds is 6. The Hall–Kier alpha value is -1.64. The molecular formula is C22H30N2. The monoisotopic (exact) mass is 322 g/mol. The van der Waals surface area contributed by atoms with Crippen molar-refractivity contribution in [2.45, 2.75) is 38.8 Å². The summed E-state index contributed by atoms with van der Waals surface area (Å²) >= 11 is 0. The van der Waals surface area contributed by atoms with Gasteiger partial charge in [0.1, 0.15) is 0 Å². The minimum Gasteiger partial charge on any atom is -0.298 e. The average Bonchev–Trinajstić information content (AvgIpc) is 2.63. The van der Waals surface area contributed by atoms with Crippen LogP contribution in [0.4, 0.5) is 0 Å². The van der Waals surface area contributed by atoms with Crippen LogP contribution in [0.5, 0.6) is 0 Å². The zero-order valence-corrected chi connectivity index (χ0v) is 15.1. The van der Waals surface area contributed by atoms with Crippen molar-refractivity contribution in [2.24, 2.45) is 0 Å². The maximum absolute atomic E-state index is 2.65. The highest BCUT2D eigenvalue weighted by Gasteiger charge is 2.24. The van der Waals surface area contributed by atoms with E-state index in [0.29, 0.717) is 12.1 Å². The van der Waals surface area contributed by atoms with Gasteiger partial charge in [0, 0.05) is 38.3 Å². The van der Waals surface area contributed by atoms with Gasteiger partial charge in [-0.3, -0.25) is 9.80 Å². The van der Waals surface area contributed by atoms with Crippen molar-refractivity contribution in [3.63, 3.8) is 0 Å². The Balaban J connectivity index is 1.46. The van der Waals surface area contributed by atoms with Gasteiger partial charge in [-0.05, 0) is 37.8 Å². The Morgan fingerprint density at radius 3 is 1.29 bits per heavy atom. The van der Waals surface area contributed by atoms with Gasteiger partial charge in [0.05, 0.1) is 0 Å². The summed E-state index contributed by atoms with van der Waals surface area (Å²) in [6.07, 6.45) is 2.31. The third-order valence-corrected chi connectivity index (χ3v) is 5.34. The minimum absolute atomic E-state index is 0.624. The zero-order valence-electron chi connectivity index (χ0n) is 15.1. The quantitative estimate of drug-likeness (QED) is 0.797. The predicted molar refractivity (Wildman–Crippen MR) is 102 cm³/mol.